The van der Waals surface area contributed by atoms with Crippen LogP contribution in [0.1, 0.15) is 50.0 Å². The molecule has 7 nitrogen and oxygen atoms in total. The summed E-state index contributed by atoms with van der Waals surface area (Å²) in [6, 6.07) is 9.70. The highest BCUT2D eigenvalue weighted by Crippen LogP contribution is 2.40. The molecule has 1 atom stereocenters. The van der Waals surface area contributed by atoms with E-state index in [1.54, 1.807) is 6.07 Å². The number of hydrogen-bond donors (Lipinski definition) is 2. The van der Waals surface area contributed by atoms with Gasteiger partial charge >= 0.3 is 5.97 Å². The lowest BCUT2D eigenvalue weighted by molar-refractivity contribution is -0.134. The predicted molar refractivity (Wildman–Crippen MR) is 129 cm³/mol. The molecular weight excluding hydrogens is 422 g/mol. The monoisotopic (exact) mass is 453 g/mol. The summed E-state index contributed by atoms with van der Waals surface area (Å²) in [6.45, 7) is 12.9. The molecule has 0 spiro atoms. The Morgan fingerprint density at radius 3 is 2.53 bits per heavy atom. The summed E-state index contributed by atoms with van der Waals surface area (Å²) in [5, 5.41) is 4.52. The number of para-hydroxylation sites is 1. The largest absolute Gasteiger partial charge is 0.466 e. The van der Waals surface area contributed by atoms with E-state index in [9.17, 15) is 9.59 Å². The number of pyridine rings is 1. The summed E-state index contributed by atoms with van der Waals surface area (Å²) in [7, 11) is -0.802. The highest BCUT2D eigenvalue weighted by Gasteiger charge is 2.39. The van der Waals surface area contributed by atoms with E-state index in [0.29, 0.717) is 5.69 Å². The molecule has 0 saturated heterocycles. The van der Waals surface area contributed by atoms with Crippen molar-refractivity contribution in [3.05, 3.63) is 54.0 Å². The molecule has 1 aromatic carbocycles. The van der Waals surface area contributed by atoms with Crippen LogP contribution in [-0.2, 0) is 14.0 Å². The number of amides is 1. The first-order valence-corrected chi connectivity index (χ1v) is 13.5. The minimum Gasteiger partial charge on any atom is -0.466 e. The number of hydrogen-bond acceptors (Lipinski definition) is 5. The fourth-order valence-electron chi connectivity index (χ4n) is 3.28. The molecule has 32 heavy (non-hydrogen) atoms. The first kappa shape index (κ1) is 23.7. The average Bonchev–Trinajstić information content (AvgIpc) is 3.10. The Labute approximate surface area is 189 Å². The molecule has 3 rings (SSSR count). The lowest BCUT2D eigenvalue weighted by Crippen LogP contribution is -2.41. The molecule has 170 valence electrons. The minimum absolute atomic E-state index is 0.0362. The highest BCUT2D eigenvalue weighted by atomic mass is 28.4. The van der Waals surface area contributed by atoms with E-state index < -0.39 is 20.2 Å². The van der Waals surface area contributed by atoms with Crippen molar-refractivity contribution in [2.24, 2.45) is 0 Å². The van der Waals surface area contributed by atoms with E-state index in [2.05, 4.69) is 53.9 Å². The molecule has 2 heterocycles. The Hall–Kier alpha value is -2.97. The van der Waals surface area contributed by atoms with E-state index >= 15 is 0 Å². The molecule has 0 aliphatic heterocycles. The molecule has 0 bridgehead atoms. The molecule has 0 saturated carbocycles. The highest BCUT2D eigenvalue weighted by molar-refractivity contribution is 6.74. The van der Waals surface area contributed by atoms with E-state index in [-0.39, 0.29) is 16.8 Å². The van der Waals surface area contributed by atoms with Crippen molar-refractivity contribution < 1.29 is 18.8 Å². The van der Waals surface area contributed by atoms with Gasteiger partial charge in [0.1, 0.15) is 5.69 Å². The second-order valence-electron chi connectivity index (χ2n) is 9.34. The number of aromatic nitrogens is 2. The quantitative estimate of drug-likeness (QED) is 0.303. The van der Waals surface area contributed by atoms with Crippen molar-refractivity contribution in [1.29, 1.82) is 0 Å². The van der Waals surface area contributed by atoms with Gasteiger partial charge in [-0.3, -0.25) is 4.79 Å². The number of benzene rings is 1. The van der Waals surface area contributed by atoms with E-state index in [1.807, 2.05) is 31.2 Å². The predicted octanol–water partition coefficient (Wildman–Crippen LogP) is 5.22. The molecule has 0 fully saturated rings. The molecule has 1 amide bonds. The van der Waals surface area contributed by atoms with Crippen LogP contribution in [0, 0.1) is 0 Å². The van der Waals surface area contributed by atoms with E-state index in [1.165, 1.54) is 13.3 Å². The van der Waals surface area contributed by atoms with Crippen LogP contribution >= 0.6 is 0 Å². The van der Waals surface area contributed by atoms with Crippen LogP contribution in [0.2, 0.25) is 18.1 Å². The number of rotatable bonds is 6. The third kappa shape index (κ3) is 4.76. The number of fused-ring (bicyclic) bond motifs is 3. The normalized spacial score (nSPS) is 13.6. The lowest BCUT2D eigenvalue weighted by Gasteiger charge is -2.38. The van der Waals surface area contributed by atoms with Crippen molar-refractivity contribution >= 4 is 42.0 Å². The molecule has 0 radical (unpaired) electrons. The van der Waals surface area contributed by atoms with Crippen LogP contribution in [0.15, 0.2) is 42.6 Å². The summed E-state index contributed by atoms with van der Waals surface area (Å²) >= 11 is 0. The third-order valence-electron chi connectivity index (χ3n) is 6.05. The molecule has 2 N–H and O–H groups in total. The van der Waals surface area contributed by atoms with Gasteiger partial charge in [-0.1, -0.05) is 39.0 Å². The Kier molecular flexibility index (Phi) is 6.57. The number of ether oxygens (including phenoxy) is 1. The summed E-state index contributed by atoms with van der Waals surface area (Å²) in [4.78, 5) is 32.2. The second-order valence-corrected chi connectivity index (χ2v) is 14.1. The van der Waals surface area contributed by atoms with Crippen LogP contribution in [0.4, 0.5) is 0 Å². The van der Waals surface area contributed by atoms with Crippen molar-refractivity contribution in [1.82, 2.24) is 15.3 Å². The van der Waals surface area contributed by atoms with Gasteiger partial charge in [-0.2, -0.15) is 0 Å². The minimum atomic E-state index is -2.08. The Morgan fingerprint density at radius 1 is 1.19 bits per heavy atom. The van der Waals surface area contributed by atoms with Gasteiger partial charge in [-0.05, 0) is 37.2 Å². The molecule has 8 heteroatoms. The van der Waals surface area contributed by atoms with E-state index in [0.717, 1.165) is 27.9 Å². The van der Waals surface area contributed by atoms with Crippen molar-refractivity contribution in [3.8, 4) is 0 Å². The van der Waals surface area contributed by atoms with Crippen LogP contribution in [0.5, 0.6) is 0 Å². The van der Waals surface area contributed by atoms with Crippen LogP contribution < -0.4 is 5.32 Å². The fourth-order valence-corrected chi connectivity index (χ4v) is 4.63. The maximum Gasteiger partial charge on any atom is 0.331 e. The van der Waals surface area contributed by atoms with Gasteiger partial charge in [0, 0.05) is 28.6 Å². The summed E-state index contributed by atoms with van der Waals surface area (Å²) in [5.41, 5.74) is 2.76. The summed E-state index contributed by atoms with van der Waals surface area (Å²) < 4.78 is 11.2. The molecular formula is C24H31N3O4Si. The zero-order chi connectivity index (χ0) is 23.7. The molecule has 0 unspecified atom stereocenters. The smallest absolute Gasteiger partial charge is 0.331 e. The molecule has 0 aliphatic rings. The van der Waals surface area contributed by atoms with Gasteiger partial charge in [0.05, 0.1) is 24.4 Å². The zero-order valence-corrected chi connectivity index (χ0v) is 20.7. The van der Waals surface area contributed by atoms with Gasteiger partial charge in [-0.15, -0.1) is 0 Å². The van der Waals surface area contributed by atoms with Gasteiger partial charge in [0.25, 0.3) is 5.91 Å². The average molecular weight is 454 g/mol. The SMILES string of the molecule is COC(=O)/C=C\NC(=O)c1cc2c([nH]c3ccccc32)c([C@H](C)O[Si](C)(C)C(C)(C)C)n1. The number of esters is 1. The topological polar surface area (TPSA) is 93.3 Å². The van der Waals surface area contributed by atoms with Crippen molar-refractivity contribution in [2.45, 2.75) is 51.9 Å². The number of aromatic amines is 1. The number of methoxy groups -OCH3 is 1. The maximum absolute atomic E-state index is 12.8. The summed E-state index contributed by atoms with van der Waals surface area (Å²) in [6.07, 6.45) is 2.08. The lowest BCUT2D eigenvalue weighted by atomic mass is 10.1. The second kappa shape index (κ2) is 8.88. The van der Waals surface area contributed by atoms with Crippen molar-refractivity contribution in [2.75, 3.05) is 7.11 Å². The molecule has 0 aliphatic carbocycles. The van der Waals surface area contributed by atoms with Gasteiger partial charge < -0.3 is 19.5 Å². The van der Waals surface area contributed by atoms with Crippen molar-refractivity contribution in [3.63, 3.8) is 0 Å². The number of carbonyl (C=O) groups is 2. The van der Waals surface area contributed by atoms with Crippen LogP contribution in [0.3, 0.4) is 0 Å². The number of carbonyl (C=O) groups excluding carboxylic acids is 2. The Morgan fingerprint density at radius 2 is 1.88 bits per heavy atom. The molecule has 2 aromatic heterocycles. The summed E-state index contributed by atoms with van der Waals surface area (Å²) in [5.74, 6) is -0.972. The zero-order valence-electron chi connectivity index (χ0n) is 19.7. The first-order valence-electron chi connectivity index (χ1n) is 10.6. The Balaban J connectivity index is 2.08. The number of nitrogens with zero attached hydrogens (tertiary/aromatic N) is 1. The third-order valence-corrected chi connectivity index (χ3v) is 10.6. The first-order chi connectivity index (χ1) is 14.9. The fraction of sp³-hybridized carbons (Fsp3) is 0.375. The number of H-pyrrole nitrogens is 1. The van der Waals surface area contributed by atoms with Gasteiger partial charge in [-0.25, -0.2) is 9.78 Å². The number of nitrogens with one attached hydrogen (secondary N) is 2. The standard InChI is InChI=1S/C24H31N3O4Si/c1-15(31-32(6,7)24(2,3)4)21-22-17(16-10-8-9-11-18(16)26-22)14-19(27-21)23(29)25-13-12-20(28)30-5/h8-15,26H,1-7H3,(H,25,29)/b13-12-/t15-/m0/s1. The van der Waals surface area contributed by atoms with E-state index in [4.69, 9.17) is 4.43 Å². The molecule has 3 aromatic rings. The van der Waals surface area contributed by atoms with Crippen LogP contribution in [0.25, 0.3) is 21.8 Å². The maximum atomic E-state index is 12.8. The van der Waals surface area contributed by atoms with Crippen LogP contribution in [-0.4, -0.2) is 37.3 Å². The Bertz CT molecular complexity index is 1190. The van der Waals surface area contributed by atoms with Gasteiger partial charge in [0.15, 0.2) is 8.32 Å². The van der Waals surface area contributed by atoms with Gasteiger partial charge in [0.2, 0.25) is 0 Å².